The van der Waals surface area contributed by atoms with Crippen LogP contribution in [0.4, 0.5) is 0 Å². The number of benzene rings is 1. The fraction of sp³-hybridized carbons (Fsp3) is 0.727. The number of piperidine rings is 1. The molecule has 156 valence electrons. The molecule has 5 nitrogen and oxygen atoms in total. The minimum Gasteiger partial charge on any atom is -0.493 e. The van der Waals surface area contributed by atoms with Gasteiger partial charge in [0.05, 0.1) is 36.5 Å². The van der Waals surface area contributed by atoms with Crippen molar-refractivity contribution < 1.29 is 19.3 Å². The summed E-state index contributed by atoms with van der Waals surface area (Å²) < 4.78 is 17.8. The highest BCUT2D eigenvalue weighted by Crippen LogP contribution is 2.47. The minimum atomic E-state index is -0.498. The zero-order valence-corrected chi connectivity index (χ0v) is 18.1. The second kappa shape index (κ2) is 7.67. The van der Waals surface area contributed by atoms with Gasteiger partial charge in [0, 0.05) is 19.1 Å². The van der Waals surface area contributed by atoms with E-state index >= 15 is 0 Å². The van der Waals surface area contributed by atoms with Crippen LogP contribution in [-0.2, 0) is 11.2 Å². The van der Waals surface area contributed by atoms with E-state index in [2.05, 4.69) is 11.0 Å². The number of halogens is 1. The molecule has 1 aliphatic carbocycles. The highest BCUT2D eigenvalue weighted by molar-refractivity contribution is 6.33. The van der Waals surface area contributed by atoms with Crippen LogP contribution in [0, 0.1) is 5.92 Å². The fourth-order valence-corrected chi connectivity index (χ4v) is 4.75. The van der Waals surface area contributed by atoms with Crippen LogP contribution in [0.2, 0.25) is 5.02 Å². The molecule has 0 amide bonds. The standard InChI is InChI=1S/C22H32ClNO4/c1-22(2,3)28-19-11-24-8-7-14-15(16(24)10-17(19)25)9-18(26-4)21(20(14)23)27-12-13-5-6-13/h9,13,16-17,19,25H,5-8,10-12H2,1-4H3/t16-,17-,19-/m1/s1. The topological polar surface area (TPSA) is 51.2 Å². The van der Waals surface area contributed by atoms with Gasteiger partial charge in [-0.05, 0) is 69.6 Å². The summed E-state index contributed by atoms with van der Waals surface area (Å²) in [6.07, 6.45) is 3.30. The summed E-state index contributed by atoms with van der Waals surface area (Å²) in [6, 6.07) is 2.19. The first-order valence-electron chi connectivity index (χ1n) is 10.4. The van der Waals surface area contributed by atoms with Gasteiger partial charge in [0.1, 0.15) is 0 Å². The molecular formula is C22H32ClNO4. The van der Waals surface area contributed by atoms with Crippen molar-refractivity contribution in [3.8, 4) is 11.5 Å². The van der Waals surface area contributed by atoms with Crippen LogP contribution in [0.15, 0.2) is 6.07 Å². The summed E-state index contributed by atoms with van der Waals surface area (Å²) >= 11 is 6.79. The summed E-state index contributed by atoms with van der Waals surface area (Å²) in [7, 11) is 1.66. The Morgan fingerprint density at radius 2 is 2.04 bits per heavy atom. The van der Waals surface area contributed by atoms with Gasteiger partial charge in [-0.1, -0.05) is 11.6 Å². The maximum absolute atomic E-state index is 10.8. The van der Waals surface area contributed by atoms with Crippen molar-refractivity contribution in [3.05, 3.63) is 22.2 Å². The lowest BCUT2D eigenvalue weighted by molar-refractivity contribution is -0.149. The van der Waals surface area contributed by atoms with Crippen LogP contribution in [0.1, 0.15) is 57.2 Å². The normalized spacial score (nSPS) is 27.9. The molecule has 3 atom stereocenters. The quantitative estimate of drug-likeness (QED) is 0.797. The number of methoxy groups -OCH3 is 1. The predicted molar refractivity (Wildman–Crippen MR) is 109 cm³/mol. The van der Waals surface area contributed by atoms with E-state index in [1.165, 1.54) is 12.8 Å². The predicted octanol–water partition coefficient (Wildman–Crippen LogP) is 3.98. The van der Waals surface area contributed by atoms with Gasteiger partial charge in [0.2, 0.25) is 0 Å². The van der Waals surface area contributed by atoms with Gasteiger partial charge in [-0.2, -0.15) is 0 Å². The number of ether oxygens (including phenoxy) is 3. The first-order chi connectivity index (χ1) is 13.3. The van der Waals surface area contributed by atoms with Gasteiger partial charge in [-0.25, -0.2) is 0 Å². The third-order valence-corrected chi connectivity index (χ3v) is 6.37. The summed E-state index contributed by atoms with van der Waals surface area (Å²) in [5.41, 5.74) is 2.02. The van der Waals surface area contributed by atoms with Crippen molar-refractivity contribution in [2.24, 2.45) is 5.92 Å². The largest absolute Gasteiger partial charge is 0.493 e. The summed E-state index contributed by atoms with van der Waals surface area (Å²) in [5, 5.41) is 11.4. The van der Waals surface area contributed by atoms with Gasteiger partial charge >= 0.3 is 0 Å². The van der Waals surface area contributed by atoms with Gasteiger partial charge in [-0.15, -0.1) is 0 Å². The number of fused-ring (bicyclic) bond motifs is 3. The lowest BCUT2D eigenvalue weighted by Crippen LogP contribution is -2.53. The van der Waals surface area contributed by atoms with Gasteiger partial charge in [0.25, 0.3) is 0 Å². The molecular weight excluding hydrogens is 378 g/mol. The second-order valence-electron chi connectivity index (χ2n) is 9.38. The molecule has 1 aromatic carbocycles. The molecule has 0 unspecified atom stereocenters. The van der Waals surface area contributed by atoms with E-state index in [1.807, 2.05) is 20.8 Å². The van der Waals surface area contributed by atoms with Crippen molar-refractivity contribution in [1.82, 2.24) is 4.90 Å². The number of aliphatic hydroxyl groups is 1. The van der Waals surface area contributed by atoms with E-state index in [0.29, 0.717) is 35.5 Å². The molecule has 3 aliphatic rings. The maximum Gasteiger partial charge on any atom is 0.180 e. The number of nitrogens with zero attached hydrogens (tertiary/aromatic N) is 1. The van der Waals surface area contributed by atoms with E-state index in [0.717, 1.165) is 30.6 Å². The van der Waals surface area contributed by atoms with Crippen molar-refractivity contribution in [2.45, 2.75) is 70.3 Å². The average molecular weight is 410 g/mol. The molecule has 1 saturated carbocycles. The highest BCUT2D eigenvalue weighted by Gasteiger charge is 2.41. The third kappa shape index (κ3) is 4.13. The van der Waals surface area contributed by atoms with Crippen LogP contribution < -0.4 is 9.47 Å². The van der Waals surface area contributed by atoms with Crippen LogP contribution in [-0.4, -0.2) is 54.6 Å². The van der Waals surface area contributed by atoms with Crippen molar-refractivity contribution in [2.75, 3.05) is 26.8 Å². The van der Waals surface area contributed by atoms with E-state index in [1.54, 1.807) is 7.11 Å². The monoisotopic (exact) mass is 409 g/mol. The second-order valence-corrected chi connectivity index (χ2v) is 9.75. The summed E-state index contributed by atoms with van der Waals surface area (Å²) in [4.78, 5) is 2.41. The zero-order chi connectivity index (χ0) is 20.1. The molecule has 0 aromatic heterocycles. The molecule has 4 rings (SSSR count). The lowest BCUT2D eigenvalue weighted by Gasteiger charge is -2.47. The van der Waals surface area contributed by atoms with Gasteiger partial charge in [0.15, 0.2) is 11.5 Å². The molecule has 0 spiro atoms. The van der Waals surface area contributed by atoms with E-state index in [-0.39, 0.29) is 17.7 Å². The Balaban J connectivity index is 1.59. The molecule has 0 radical (unpaired) electrons. The Bertz CT molecular complexity index is 728. The Labute approximate surface area is 172 Å². The molecule has 2 aliphatic heterocycles. The molecule has 1 N–H and O–H groups in total. The number of aliphatic hydroxyl groups excluding tert-OH is 1. The Kier molecular flexibility index (Phi) is 5.56. The van der Waals surface area contributed by atoms with E-state index in [9.17, 15) is 5.11 Å². The first kappa shape index (κ1) is 20.3. The van der Waals surface area contributed by atoms with Crippen LogP contribution in [0.3, 0.4) is 0 Å². The van der Waals surface area contributed by atoms with Gasteiger partial charge < -0.3 is 19.3 Å². The average Bonchev–Trinajstić information content (AvgIpc) is 3.44. The lowest BCUT2D eigenvalue weighted by atomic mass is 9.84. The third-order valence-electron chi connectivity index (χ3n) is 5.97. The molecule has 2 fully saturated rings. The van der Waals surface area contributed by atoms with Crippen molar-refractivity contribution in [3.63, 3.8) is 0 Å². The Morgan fingerprint density at radius 1 is 1.29 bits per heavy atom. The fourth-order valence-electron chi connectivity index (χ4n) is 4.39. The summed E-state index contributed by atoms with van der Waals surface area (Å²) in [6.45, 7) is 8.43. The molecule has 6 heteroatoms. The van der Waals surface area contributed by atoms with Crippen molar-refractivity contribution in [1.29, 1.82) is 0 Å². The SMILES string of the molecule is COc1cc2c(c(Cl)c1OCC1CC1)CCN1C[C@@H](OC(C)(C)C)[C@H](O)C[C@H]21. The number of rotatable bonds is 5. The number of hydrogen-bond donors (Lipinski definition) is 1. The molecule has 28 heavy (non-hydrogen) atoms. The highest BCUT2D eigenvalue weighted by atomic mass is 35.5. The zero-order valence-electron chi connectivity index (χ0n) is 17.3. The first-order valence-corrected chi connectivity index (χ1v) is 10.8. The van der Waals surface area contributed by atoms with Gasteiger partial charge in [-0.3, -0.25) is 4.90 Å². The van der Waals surface area contributed by atoms with Crippen LogP contribution in [0.25, 0.3) is 0 Å². The Morgan fingerprint density at radius 3 is 2.68 bits per heavy atom. The Hall–Kier alpha value is -1.01. The van der Waals surface area contributed by atoms with Crippen LogP contribution in [0.5, 0.6) is 11.5 Å². The van der Waals surface area contributed by atoms with E-state index in [4.69, 9.17) is 25.8 Å². The maximum atomic E-state index is 10.8. The minimum absolute atomic E-state index is 0.127. The van der Waals surface area contributed by atoms with Crippen molar-refractivity contribution >= 4 is 11.6 Å². The molecule has 2 heterocycles. The molecule has 1 saturated heterocycles. The molecule has 1 aromatic rings. The smallest absolute Gasteiger partial charge is 0.180 e. The summed E-state index contributed by atoms with van der Waals surface area (Å²) in [5.74, 6) is 2.02. The van der Waals surface area contributed by atoms with Crippen LogP contribution >= 0.6 is 11.6 Å². The van der Waals surface area contributed by atoms with E-state index < -0.39 is 6.10 Å². The molecule has 0 bridgehead atoms. The number of hydrogen-bond acceptors (Lipinski definition) is 5.